The zero-order chi connectivity index (χ0) is 19.4. The molecule has 142 valence electrons. The molecule has 0 aliphatic rings. The van der Waals surface area contributed by atoms with Crippen LogP contribution in [-0.4, -0.2) is 13.3 Å². The first-order chi connectivity index (χ1) is 12.1. The molecule has 3 nitrogen and oxygen atoms in total. The van der Waals surface area contributed by atoms with Crippen LogP contribution in [0, 0.1) is 6.92 Å². The Morgan fingerprint density at radius 2 is 1.73 bits per heavy atom. The number of hydrogen-bond acceptors (Lipinski definition) is 3. The summed E-state index contributed by atoms with van der Waals surface area (Å²) in [5, 5.41) is 0.169. The minimum Gasteiger partial charge on any atom is -0.473 e. The first-order valence-corrected chi connectivity index (χ1v) is 12.4. The van der Waals surface area contributed by atoms with E-state index >= 15 is 0 Å². The lowest BCUT2D eigenvalue weighted by Crippen LogP contribution is -2.40. The van der Waals surface area contributed by atoms with Crippen molar-refractivity contribution in [3.05, 3.63) is 58.8 Å². The molecule has 0 saturated heterocycles. The van der Waals surface area contributed by atoms with E-state index in [4.69, 9.17) is 20.8 Å². The zero-order valence-corrected chi connectivity index (χ0v) is 18.5. The molecule has 0 aliphatic heterocycles. The highest BCUT2D eigenvalue weighted by Crippen LogP contribution is 2.37. The van der Waals surface area contributed by atoms with Crippen molar-refractivity contribution in [3.63, 3.8) is 0 Å². The number of aryl methyl sites for hydroxylation is 1. The average Bonchev–Trinajstić information content (AvgIpc) is 2.58. The molecule has 0 atom stereocenters. The molecule has 0 aliphatic carbocycles. The predicted molar refractivity (Wildman–Crippen MR) is 111 cm³/mol. The largest absolute Gasteiger partial charge is 0.473 e. The Balaban J connectivity index is 2.20. The van der Waals surface area contributed by atoms with Gasteiger partial charge in [0.15, 0.2) is 8.32 Å². The Labute approximate surface area is 163 Å². The number of benzene rings is 1. The quantitative estimate of drug-likeness (QED) is 0.414. The number of halogens is 1. The minimum absolute atomic E-state index is 0.169. The van der Waals surface area contributed by atoms with E-state index in [9.17, 15) is 0 Å². The third kappa shape index (κ3) is 5.32. The molecule has 0 unspecified atom stereocenters. The van der Waals surface area contributed by atoms with Crippen molar-refractivity contribution in [1.29, 1.82) is 0 Å². The maximum Gasteiger partial charge on any atom is 0.218 e. The zero-order valence-electron chi connectivity index (χ0n) is 16.7. The SMILES string of the molecule is Cc1cc(CO[Si](C)(C)C(C)(C)C)c(CCl)c(OCc2ccccc2)n1. The van der Waals surface area contributed by atoms with Crippen LogP contribution in [0.4, 0.5) is 0 Å². The lowest BCUT2D eigenvalue weighted by Gasteiger charge is -2.36. The highest BCUT2D eigenvalue weighted by molar-refractivity contribution is 6.74. The summed E-state index contributed by atoms with van der Waals surface area (Å²) in [6.07, 6.45) is 0. The summed E-state index contributed by atoms with van der Waals surface area (Å²) in [6.45, 7) is 14.2. The third-order valence-electron chi connectivity index (χ3n) is 5.05. The molecule has 1 heterocycles. The molecule has 2 rings (SSSR count). The molecular formula is C21H30ClNO2Si. The Kier molecular flexibility index (Phi) is 6.89. The van der Waals surface area contributed by atoms with E-state index < -0.39 is 8.32 Å². The van der Waals surface area contributed by atoms with Crippen LogP contribution in [-0.2, 0) is 23.5 Å². The van der Waals surface area contributed by atoms with Crippen molar-refractivity contribution in [2.45, 2.75) is 64.9 Å². The second-order valence-electron chi connectivity index (χ2n) is 8.16. The van der Waals surface area contributed by atoms with Crippen molar-refractivity contribution >= 4 is 19.9 Å². The van der Waals surface area contributed by atoms with Gasteiger partial charge in [-0.05, 0) is 42.2 Å². The molecule has 1 aromatic carbocycles. The number of nitrogens with zero attached hydrogens (tertiary/aromatic N) is 1. The lowest BCUT2D eigenvalue weighted by atomic mass is 10.1. The van der Waals surface area contributed by atoms with Crippen LogP contribution in [0.2, 0.25) is 18.1 Å². The molecule has 0 N–H and O–H groups in total. The first kappa shape index (κ1) is 20.9. The van der Waals surface area contributed by atoms with Crippen molar-refractivity contribution in [2.75, 3.05) is 0 Å². The van der Waals surface area contributed by atoms with Crippen molar-refractivity contribution in [3.8, 4) is 5.88 Å². The van der Waals surface area contributed by atoms with Gasteiger partial charge in [-0.25, -0.2) is 4.98 Å². The number of hydrogen-bond donors (Lipinski definition) is 0. The molecule has 2 aromatic rings. The van der Waals surface area contributed by atoms with Crippen LogP contribution in [0.15, 0.2) is 36.4 Å². The molecule has 0 spiro atoms. The van der Waals surface area contributed by atoms with E-state index in [1.165, 1.54) is 0 Å². The van der Waals surface area contributed by atoms with Gasteiger partial charge in [0.1, 0.15) is 6.61 Å². The van der Waals surface area contributed by atoms with Crippen LogP contribution in [0.25, 0.3) is 0 Å². The molecule has 5 heteroatoms. The summed E-state index contributed by atoms with van der Waals surface area (Å²) in [5.74, 6) is 0.964. The minimum atomic E-state index is -1.83. The van der Waals surface area contributed by atoms with Crippen molar-refractivity contribution in [2.24, 2.45) is 0 Å². The normalized spacial score (nSPS) is 12.3. The maximum absolute atomic E-state index is 6.39. The maximum atomic E-state index is 6.39. The van der Waals surface area contributed by atoms with E-state index in [-0.39, 0.29) is 5.04 Å². The van der Waals surface area contributed by atoms with Gasteiger partial charge in [0.05, 0.1) is 12.5 Å². The van der Waals surface area contributed by atoms with Gasteiger partial charge in [-0.1, -0.05) is 51.1 Å². The molecule has 0 amide bonds. The van der Waals surface area contributed by atoms with Gasteiger partial charge in [0.25, 0.3) is 0 Å². The van der Waals surface area contributed by atoms with Crippen molar-refractivity contribution in [1.82, 2.24) is 4.98 Å². The summed E-state index contributed by atoms with van der Waals surface area (Å²) >= 11 is 6.25. The fourth-order valence-corrected chi connectivity index (χ4v) is 3.56. The van der Waals surface area contributed by atoms with Gasteiger partial charge in [0, 0.05) is 11.3 Å². The summed E-state index contributed by atoms with van der Waals surface area (Å²) in [6, 6.07) is 12.1. The van der Waals surface area contributed by atoms with E-state index in [1.807, 2.05) is 37.3 Å². The van der Waals surface area contributed by atoms with Crippen LogP contribution in [0.5, 0.6) is 5.88 Å². The number of rotatable bonds is 7. The van der Waals surface area contributed by atoms with Crippen LogP contribution in [0.1, 0.15) is 43.2 Å². The van der Waals surface area contributed by atoms with Crippen LogP contribution < -0.4 is 4.74 Å². The lowest BCUT2D eigenvalue weighted by molar-refractivity contribution is 0.268. The highest BCUT2D eigenvalue weighted by Gasteiger charge is 2.37. The summed E-state index contributed by atoms with van der Waals surface area (Å²) in [7, 11) is -1.83. The molecular weight excluding hydrogens is 362 g/mol. The van der Waals surface area contributed by atoms with E-state index in [1.54, 1.807) is 0 Å². The topological polar surface area (TPSA) is 31.4 Å². The molecule has 26 heavy (non-hydrogen) atoms. The van der Waals surface area contributed by atoms with Gasteiger partial charge < -0.3 is 9.16 Å². The number of pyridine rings is 1. The smallest absolute Gasteiger partial charge is 0.218 e. The van der Waals surface area contributed by atoms with Gasteiger partial charge in [-0.15, -0.1) is 11.6 Å². The Morgan fingerprint density at radius 1 is 1.08 bits per heavy atom. The summed E-state index contributed by atoms with van der Waals surface area (Å²) in [5.41, 5.74) is 4.01. The summed E-state index contributed by atoms with van der Waals surface area (Å²) in [4.78, 5) is 4.56. The van der Waals surface area contributed by atoms with Gasteiger partial charge >= 0.3 is 0 Å². The second kappa shape index (κ2) is 8.55. The van der Waals surface area contributed by atoms with Crippen molar-refractivity contribution < 1.29 is 9.16 Å². The summed E-state index contributed by atoms with van der Waals surface area (Å²) < 4.78 is 12.4. The first-order valence-electron chi connectivity index (χ1n) is 9.00. The Morgan fingerprint density at radius 3 is 2.31 bits per heavy atom. The number of ether oxygens (including phenoxy) is 1. The average molecular weight is 392 g/mol. The molecule has 1 aromatic heterocycles. The molecule has 0 fully saturated rings. The van der Waals surface area contributed by atoms with Crippen LogP contribution >= 0.6 is 11.6 Å². The van der Waals surface area contributed by atoms with E-state index in [2.05, 4.69) is 44.9 Å². The fraction of sp³-hybridized carbons (Fsp3) is 0.476. The van der Waals surface area contributed by atoms with Gasteiger partial charge in [-0.3, -0.25) is 0 Å². The second-order valence-corrected chi connectivity index (χ2v) is 13.2. The monoisotopic (exact) mass is 391 g/mol. The van der Waals surface area contributed by atoms with E-state index in [0.717, 1.165) is 22.4 Å². The fourth-order valence-electron chi connectivity index (χ4n) is 2.33. The van der Waals surface area contributed by atoms with Crippen LogP contribution in [0.3, 0.4) is 0 Å². The van der Waals surface area contributed by atoms with Gasteiger partial charge in [0.2, 0.25) is 5.88 Å². The molecule has 0 radical (unpaired) electrons. The van der Waals surface area contributed by atoms with Gasteiger partial charge in [-0.2, -0.15) is 0 Å². The molecule has 0 saturated carbocycles. The number of aromatic nitrogens is 1. The highest BCUT2D eigenvalue weighted by atomic mass is 35.5. The Bertz CT molecular complexity index is 727. The molecule has 0 bridgehead atoms. The third-order valence-corrected chi connectivity index (χ3v) is 9.80. The standard InChI is InChI=1S/C21H30ClNO2Si/c1-16-12-18(15-25-26(5,6)21(2,3)4)19(13-22)20(23-16)24-14-17-10-8-7-9-11-17/h7-12H,13-15H2,1-6H3. The number of alkyl halides is 1. The van der Waals surface area contributed by atoms with E-state index in [0.29, 0.717) is 25.0 Å². The predicted octanol–water partition coefficient (Wildman–Crippen LogP) is 6.23. The Hall–Kier alpha value is -1.36.